The van der Waals surface area contributed by atoms with E-state index in [2.05, 4.69) is 25.2 Å². The Hall–Kier alpha value is -1.74. The van der Waals surface area contributed by atoms with E-state index in [9.17, 15) is 8.42 Å². The van der Waals surface area contributed by atoms with Gasteiger partial charge in [-0.25, -0.2) is 8.42 Å². The van der Waals surface area contributed by atoms with Crippen LogP contribution in [0.2, 0.25) is 0 Å². The Morgan fingerprint density at radius 3 is 2.72 bits per heavy atom. The molecule has 0 spiro atoms. The molecule has 18 heavy (non-hydrogen) atoms. The van der Waals surface area contributed by atoms with Gasteiger partial charge < -0.3 is 5.32 Å². The smallest absolute Gasteiger partial charge is 0.267 e. The number of anilines is 2. The third kappa shape index (κ3) is 2.57. The van der Waals surface area contributed by atoms with Crippen LogP contribution in [0.25, 0.3) is 0 Å². The largest absolute Gasteiger partial charge is 0.387 e. The Kier molecular flexibility index (Phi) is 3.43. The number of sulfonamides is 1. The molecule has 0 saturated carbocycles. The number of aromatic nitrogens is 3. The molecule has 2 heterocycles. The highest BCUT2D eigenvalue weighted by molar-refractivity contribution is 7.93. The number of nitrogens with one attached hydrogen (secondary N) is 2. The molecule has 2 rings (SSSR count). The SMILES string of the molecule is CNc1ccncc1S(=O)(=O)Nc1nnc(C)s1. The van der Waals surface area contributed by atoms with Gasteiger partial charge in [0.1, 0.15) is 9.90 Å². The van der Waals surface area contributed by atoms with E-state index in [4.69, 9.17) is 0 Å². The van der Waals surface area contributed by atoms with Crippen LogP contribution in [0.1, 0.15) is 5.01 Å². The summed E-state index contributed by atoms with van der Waals surface area (Å²) in [5, 5.41) is 11.2. The van der Waals surface area contributed by atoms with Crippen LogP contribution in [0, 0.1) is 6.92 Å². The lowest BCUT2D eigenvalue weighted by atomic mass is 10.4. The van der Waals surface area contributed by atoms with E-state index < -0.39 is 10.0 Å². The molecule has 0 fully saturated rings. The molecule has 7 nitrogen and oxygen atoms in total. The summed E-state index contributed by atoms with van der Waals surface area (Å²) in [4.78, 5) is 3.88. The normalized spacial score (nSPS) is 11.2. The molecule has 9 heteroatoms. The average molecular weight is 285 g/mol. The van der Waals surface area contributed by atoms with Crippen molar-refractivity contribution in [3.63, 3.8) is 0 Å². The molecule has 0 unspecified atom stereocenters. The maximum absolute atomic E-state index is 12.1. The molecule has 0 aromatic carbocycles. The summed E-state index contributed by atoms with van der Waals surface area (Å²) in [6.45, 7) is 1.75. The zero-order chi connectivity index (χ0) is 13.2. The maximum atomic E-state index is 12.1. The first kappa shape index (κ1) is 12.7. The van der Waals surface area contributed by atoms with Crippen LogP contribution in [0.15, 0.2) is 23.4 Å². The molecular formula is C9H11N5O2S2. The third-order valence-corrected chi connectivity index (χ3v) is 4.34. The minimum Gasteiger partial charge on any atom is -0.387 e. The number of nitrogens with zero attached hydrogens (tertiary/aromatic N) is 3. The van der Waals surface area contributed by atoms with Crippen LogP contribution in [0.3, 0.4) is 0 Å². The Labute approximate surface area is 108 Å². The van der Waals surface area contributed by atoms with Gasteiger partial charge in [0.2, 0.25) is 5.13 Å². The number of hydrogen-bond acceptors (Lipinski definition) is 7. The number of aryl methyl sites for hydroxylation is 1. The summed E-state index contributed by atoms with van der Waals surface area (Å²) in [5.41, 5.74) is 0.471. The first-order valence-electron chi connectivity index (χ1n) is 4.97. The van der Waals surface area contributed by atoms with Gasteiger partial charge in [0.05, 0.1) is 5.69 Å². The molecule has 96 valence electrons. The summed E-state index contributed by atoms with van der Waals surface area (Å²) in [5.74, 6) is 0. The zero-order valence-electron chi connectivity index (χ0n) is 9.71. The van der Waals surface area contributed by atoms with Crippen LogP contribution < -0.4 is 10.0 Å². The molecule has 0 aliphatic rings. The van der Waals surface area contributed by atoms with E-state index in [1.807, 2.05) is 0 Å². The highest BCUT2D eigenvalue weighted by atomic mass is 32.2. The maximum Gasteiger partial charge on any atom is 0.267 e. The molecule has 2 aromatic heterocycles. The molecule has 0 bridgehead atoms. The first-order chi connectivity index (χ1) is 8.53. The topological polar surface area (TPSA) is 96.9 Å². The van der Waals surface area contributed by atoms with Gasteiger partial charge >= 0.3 is 0 Å². The average Bonchev–Trinajstić information content (AvgIpc) is 2.74. The van der Waals surface area contributed by atoms with E-state index in [1.54, 1.807) is 20.0 Å². The second kappa shape index (κ2) is 4.86. The van der Waals surface area contributed by atoms with Crippen molar-refractivity contribution >= 4 is 32.2 Å². The Bertz CT molecular complexity index is 652. The second-order valence-electron chi connectivity index (χ2n) is 3.35. The monoisotopic (exact) mass is 285 g/mol. The third-order valence-electron chi connectivity index (χ3n) is 2.09. The molecule has 0 aliphatic heterocycles. The fourth-order valence-corrected chi connectivity index (χ4v) is 3.29. The summed E-state index contributed by atoms with van der Waals surface area (Å²) in [6, 6.07) is 1.58. The summed E-state index contributed by atoms with van der Waals surface area (Å²) >= 11 is 1.17. The number of hydrogen-bond donors (Lipinski definition) is 2. The van der Waals surface area contributed by atoms with Crippen LogP contribution >= 0.6 is 11.3 Å². The van der Waals surface area contributed by atoms with Crippen molar-refractivity contribution in [1.82, 2.24) is 15.2 Å². The van der Waals surface area contributed by atoms with E-state index in [0.29, 0.717) is 10.7 Å². The number of rotatable bonds is 4. The molecule has 0 saturated heterocycles. The van der Waals surface area contributed by atoms with Gasteiger partial charge in [-0.05, 0) is 13.0 Å². The first-order valence-corrected chi connectivity index (χ1v) is 7.27. The Morgan fingerprint density at radius 1 is 1.33 bits per heavy atom. The second-order valence-corrected chi connectivity index (χ2v) is 6.19. The van der Waals surface area contributed by atoms with Crippen molar-refractivity contribution in [2.45, 2.75) is 11.8 Å². The van der Waals surface area contributed by atoms with E-state index >= 15 is 0 Å². The van der Waals surface area contributed by atoms with Crippen LogP contribution in [0.4, 0.5) is 10.8 Å². The van der Waals surface area contributed by atoms with Gasteiger partial charge in [-0.2, -0.15) is 0 Å². The highest BCUT2D eigenvalue weighted by Gasteiger charge is 2.20. The minimum absolute atomic E-state index is 0.0698. The molecule has 2 aromatic rings. The molecule has 0 aliphatic carbocycles. The highest BCUT2D eigenvalue weighted by Crippen LogP contribution is 2.23. The zero-order valence-corrected chi connectivity index (χ0v) is 11.3. The van der Waals surface area contributed by atoms with Gasteiger partial charge in [-0.1, -0.05) is 11.3 Å². The van der Waals surface area contributed by atoms with Gasteiger partial charge in [0, 0.05) is 19.4 Å². The molecule has 0 amide bonds. The predicted molar refractivity (Wildman–Crippen MR) is 69.2 cm³/mol. The molecule has 0 atom stereocenters. The summed E-state index contributed by atoms with van der Waals surface area (Å²) < 4.78 is 26.6. The van der Waals surface area contributed by atoms with Gasteiger partial charge in [0.15, 0.2) is 0 Å². The summed E-state index contributed by atoms with van der Waals surface area (Å²) in [7, 11) is -2.07. The Balaban J connectivity index is 2.36. The van der Waals surface area contributed by atoms with Gasteiger partial charge in [-0.3, -0.25) is 9.71 Å². The molecular weight excluding hydrogens is 274 g/mol. The quantitative estimate of drug-likeness (QED) is 0.872. The van der Waals surface area contributed by atoms with Crippen molar-refractivity contribution in [3.8, 4) is 0 Å². The molecule has 0 radical (unpaired) electrons. The van der Waals surface area contributed by atoms with Crippen molar-refractivity contribution in [2.24, 2.45) is 0 Å². The number of pyridine rings is 1. The van der Waals surface area contributed by atoms with Crippen molar-refractivity contribution in [1.29, 1.82) is 0 Å². The van der Waals surface area contributed by atoms with Gasteiger partial charge in [-0.15, -0.1) is 10.2 Å². The van der Waals surface area contributed by atoms with E-state index in [0.717, 1.165) is 0 Å². The molecule has 2 N–H and O–H groups in total. The lowest BCUT2D eigenvalue weighted by Gasteiger charge is -2.08. The fraction of sp³-hybridized carbons (Fsp3) is 0.222. The Morgan fingerprint density at radius 2 is 2.11 bits per heavy atom. The van der Waals surface area contributed by atoms with Gasteiger partial charge in [0.25, 0.3) is 10.0 Å². The predicted octanol–water partition coefficient (Wildman–Crippen LogP) is 1.08. The van der Waals surface area contributed by atoms with Crippen molar-refractivity contribution in [3.05, 3.63) is 23.5 Å². The van der Waals surface area contributed by atoms with Crippen LogP contribution in [-0.2, 0) is 10.0 Å². The fourth-order valence-electron chi connectivity index (χ4n) is 1.31. The lowest BCUT2D eigenvalue weighted by Crippen LogP contribution is -2.15. The summed E-state index contributed by atoms with van der Waals surface area (Å²) in [6.07, 6.45) is 2.79. The van der Waals surface area contributed by atoms with E-state index in [-0.39, 0.29) is 10.0 Å². The lowest BCUT2D eigenvalue weighted by molar-refractivity contribution is 0.601. The van der Waals surface area contributed by atoms with Crippen molar-refractivity contribution < 1.29 is 8.42 Å². The van der Waals surface area contributed by atoms with E-state index in [1.165, 1.54) is 23.7 Å². The minimum atomic E-state index is -3.71. The standard InChI is InChI=1S/C9H11N5O2S2/c1-6-12-13-9(17-6)14-18(15,16)8-5-11-4-3-7(8)10-2/h3-5H,1-2H3,(H,10,11)(H,13,14). The van der Waals surface area contributed by atoms with Crippen LogP contribution in [-0.4, -0.2) is 30.6 Å². The van der Waals surface area contributed by atoms with Crippen LogP contribution in [0.5, 0.6) is 0 Å². The van der Waals surface area contributed by atoms with Crippen molar-refractivity contribution in [2.75, 3.05) is 17.1 Å².